The fourth-order valence-electron chi connectivity index (χ4n) is 2.99. The van der Waals surface area contributed by atoms with Gasteiger partial charge in [-0.15, -0.1) is 0 Å². The molecule has 0 spiro atoms. The monoisotopic (exact) mass is 481 g/mol. The van der Waals surface area contributed by atoms with E-state index in [1.807, 2.05) is 19.1 Å². The van der Waals surface area contributed by atoms with Gasteiger partial charge in [0.05, 0.1) is 0 Å². The molecule has 1 aliphatic rings. The highest BCUT2D eigenvalue weighted by Gasteiger charge is 2.29. The summed E-state index contributed by atoms with van der Waals surface area (Å²) >= 11 is 3.16. The summed E-state index contributed by atoms with van der Waals surface area (Å²) in [5.41, 5.74) is 2.96. The topological polar surface area (TPSA) is 100 Å². The number of anilines is 3. The minimum absolute atomic E-state index is 0.00755. The summed E-state index contributed by atoms with van der Waals surface area (Å²) in [7, 11) is 0. The number of amides is 3. The van der Waals surface area contributed by atoms with Gasteiger partial charge in [-0.3, -0.25) is 14.4 Å². The number of hydrogen-bond acceptors (Lipinski definition) is 4. The third kappa shape index (κ3) is 5.21. The average molecular weight is 482 g/mol. The molecule has 1 fully saturated rings. The van der Waals surface area contributed by atoms with Gasteiger partial charge in [0.2, 0.25) is 5.91 Å². The van der Waals surface area contributed by atoms with E-state index in [0.717, 1.165) is 18.4 Å². The van der Waals surface area contributed by atoms with Crippen LogP contribution in [-0.4, -0.2) is 17.7 Å². The second kappa shape index (κ2) is 8.77. The molecule has 3 N–H and O–H groups in total. The molecular formula is C23H20BrN3O4. The molecule has 2 aromatic carbocycles. The lowest BCUT2D eigenvalue weighted by Gasteiger charge is -2.12. The summed E-state index contributed by atoms with van der Waals surface area (Å²) in [4.78, 5) is 37.1. The molecule has 0 radical (unpaired) electrons. The van der Waals surface area contributed by atoms with Crippen LogP contribution in [0.5, 0.6) is 0 Å². The van der Waals surface area contributed by atoms with Gasteiger partial charge < -0.3 is 20.4 Å². The molecular weight excluding hydrogens is 462 g/mol. The standard InChI is InChI=1S/C23H20BrN3O4/c1-13-5-8-17(25-21(28)14-6-7-14)12-18(13)27-22(29)15-3-2-4-16(11-15)26-23(30)19-9-10-20(24)31-19/h2-5,8-12,14H,6-7H2,1H3,(H,25,28)(H,26,30)(H,27,29). The number of benzene rings is 2. The Morgan fingerprint density at radius 1 is 0.903 bits per heavy atom. The molecule has 3 amide bonds. The zero-order chi connectivity index (χ0) is 22.0. The summed E-state index contributed by atoms with van der Waals surface area (Å²) in [6.45, 7) is 1.88. The lowest BCUT2D eigenvalue weighted by molar-refractivity contribution is -0.117. The van der Waals surface area contributed by atoms with E-state index >= 15 is 0 Å². The van der Waals surface area contributed by atoms with Crippen LogP contribution < -0.4 is 16.0 Å². The van der Waals surface area contributed by atoms with E-state index in [9.17, 15) is 14.4 Å². The van der Waals surface area contributed by atoms with Crippen LogP contribution in [0.3, 0.4) is 0 Å². The Morgan fingerprint density at radius 3 is 2.39 bits per heavy atom. The molecule has 31 heavy (non-hydrogen) atoms. The van der Waals surface area contributed by atoms with Gasteiger partial charge in [-0.25, -0.2) is 0 Å². The van der Waals surface area contributed by atoms with Crippen molar-refractivity contribution < 1.29 is 18.8 Å². The number of carbonyl (C=O) groups excluding carboxylic acids is 3. The predicted molar refractivity (Wildman–Crippen MR) is 121 cm³/mol. The largest absolute Gasteiger partial charge is 0.444 e. The van der Waals surface area contributed by atoms with Crippen LogP contribution in [0.1, 0.15) is 39.3 Å². The summed E-state index contributed by atoms with van der Waals surface area (Å²) in [6.07, 6.45) is 1.84. The van der Waals surface area contributed by atoms with Crippen molar-refractivity contribution in [2.45, 2.75) is 19.8 Å². The molecule has 0 unspecified atom stereocenters. The van der Waals surface area contributed by atoms with Gasteiger partial charge in [0.15, 0.2) is 10.4 Å². The molecule has 1 saturated carbocycles. The Morgan fingerprint density at radius 2 is 1.68 bits per heavy atom. The van der Waals surface area contributed by atoms with Crippen molar-refractivity contribution >= 4 is 50.7 Å². The molecule has 0 saturated heterocycles. The highest BCUT2D eigenvalue weighted by Crippen LogP contribution is 2.31. The lowest BCUT2D eigenvalue weighted by atomic mass is 10.1. The third-order valence-corrected chi connectivity index (χ3v) is 5.31. The Kier molecular flexibility index (Phi) is 5.90. The van der Waals surface area contributed by atoms with Gasteiger partial charge in [0, 0.05) is 28.5 Å². The SMILES string of the molecule is Cc1ccc(NC(=O)C2CC2)cc1NC(=O)c1cccc(NC(=O)c2ccc(Br)o2)c1. The van der Waals surface area contributed by atoms with Crippen molar-refractivity contribution in [1.29, 1.82) is 0 Å². The fourth-order valence-corrected chi connectivity index (χ4v) is 3.29. The first-order chi connectivity index (χ1) is 14.9. The predicted octanol–water partition coefficient (Wildman–Crippen LogP) is 5.20. The van der Waals surface area contributed by atoms with E-state index in [1.54, 1.807) is 42.5 Å². The molecule has 158 valence electrons. The Bertz CT molecular complexity index is 1170. The quantitative estimate of drug-likeness (QED) is 0.450. The highest BCUT2D eigenvalue weighted by atomic mass is 79.9. The zero-order valence-corrected chi connectivity index (χ0v) is 18.3. The van der Waals surface area contributed by atoms with Gasteiger partial charge >= 0.3 is 0 Å². The third-order valence-electron chi connectivity index (χ3n) is 4.88. The number of rotatable bonds is 6. The van der Waals surface area contributed by atoms with Crippen molar-refractivity contribution in [2.75, 3.05) is 16.0 Å². The van der Waals surface area contributed by atoms with Crippen molar-refractivity contribution in [3.8, 4) is 0 Å². The van der Waals surface area contributed by atoms with Gasteiger partial charge in [-0.1, -0.05) is 12.1 Å². The van der Waals surface area contributed by atoms with E-state index in [4.69, 9.17) is 4.42 Å². The smallest absolute Gasteiger partial charge is 0.291 e. The number of hydrogen-bond donors (Lipinski definition) is 3. The second-order valence-corrected chi connectivity index (χ2v) is 8.17. The van der Waals surface area contributed by atoms with Crippen molar-refractivity contribution in [3.05, 3.63) is 76.2 Å². The first-order valence-electron chi connectivity index (χ1n) is 9.78. The minimum Gasteiger partial charge on any atom is -0.444 e. The van der Waals surface area contributed by atoms with Crippen molar-refractivity contribution in [2.24, 2.45) is 5.92 Å². The maximum absolute atomic E-state index is 12.8. The number of carbonyl (C=O) groups is 3. The molecule has 1 aliphatic carbocycles. The summed E-state index contributed by atoms with van der Waals surface area (Å²) in [5.74, 6) is -0.487. The second-order valence-electron chi connectivity index (χ2n) is 7.39. The van der Waals surface area contributed by atoms with Gasteiger partial charge in [0.1, 0.15) is 0 Å². The Balaban J connectivity index is 1.45. The molecule has 1 heterocycles. The first-order valence-corrected chi connectivity index (χ1v) is 10.6. The van der Waals surface area contributed by atoms with Crippen molar-refractivity contribution in [3.63, 3.8) is 0 Å². The molecule has 1 aromatic heterocycles. The zero-order valence-electron chi connectivity index (χ0n) is 16.7. The van der Waals surface area contributed by atoms with E-state index in [2.05, 4.69) is 31.9 Å². The van der Waals surface area contributed by atoms with E-state index in [-0.39, 0.29) is 23.5 Å². The van der Waals surface area contributed by atoms with Crippen LogP contribution in [0, 0.1) is 12.8 Å². The summed E-state index contributed by atoms with van der Waals surface area (Å²) in [6, 6.07) is 15.2. The van der Waals surface area contributed by atoms with E-state index in [0.29, 0.717) is 27.3 Å². The highest BCUT2D eigenvalue weighted by molar-refractivity contribution is 9.10. The number of nitrogens with one attached hydrogen (secondary N) is 3. The van der Waals surface area contributed by atoms with Gasteiger partial charge in [0.25, 0.3) is 11.8 Å². The first kappa shape index (κ1) is 20.9. The molecule has 4 rings (SSSR count). The fraction of sp³-hybridized carbons (Fsp3) is 0.174. The normalized spacial score (nSPS) is 12.8. The van der Waals surface area contributed by atoms with Crippen LogP contribution in [0.25, 0.3) is 0 Å². The molecule has 0 atom stereocenters. The van der Waals surface area contributed by atoms with Gasteiger partial charge in [-0.05, 0) is 83.7 Å². The van der Waals surface area contributed by atoms with Crippen LogP contribution in [0.2, 0.25) is 0 Å². The molecule has 7 nitrogen and oxygen atoms in total. The summed E-state index contributed by atoms with van der Waals surface area (Å²) < 4.78 is 5.70. The Labute approximate surface area is 187 Å². The van der Waals surface area contributed by atoms with Crippen LogP contribution in [0.15, 0.2) is 63.7 Å². The van der Waals surface area contributed by atoms with E-state index < -0.39 is 5.91 Å². The van der Waals surface area contributed by atoms with Crippen molar-refractivity contribution in [1.82, 2.24) is 0 Å². The lowest BCUT2D eigenvalue weighted by Crippen LogP contribution is -2.16. The minimum atomic E-state index is -0.418. The maximum Gasteiger partial charge on any atom is 0.291 e. The van der Waals surface area contributed by atoms with Gasteiger partial charge in [-0.2, -0.15) is 0 Å². The maximum atomic E-state index is 12.8. The molecule has 0 aliphatic heterocycles. The number of furan rings is 1. The van der Waals surface area contributed by atoms with Crippen LogP contribution in [0.4, 0.5) is 17.1 Å². The number of halogens is 1. The molecule has 0 bridgehead atoms. The van der Waals surface area contributed by atoms with Crippen LogP contribution in [-0.2, 0) is 4.79 Å². The molecule has 3 aromatic rings. The molecule has 8 heteroatoms. The average Bonchev–Trinajstić information content (AvgIpc) is 3.51. The van der Waals surface area contributed by atoms with E-state index in [1.165, 1.54) is 0 Å². The Hall–Kier alpha value is -3.39. The summed E-state index contributed by atoms with van der Waals surface area (Å²) in [5, 5.41) is 8.46. The van der Waals surface area contributed by atoms with Crippen LogP contribution >= 0.6 is 15.9 Å². The number of aryl methyl sites for hydroxylation is 1.